The molecule has 0 aliphatic rings. The number of nitrogens with two attached hydrogens (primary N) is 1. The van der Waals surface area contributed by atoms with Crippen LogP contribution in [0.3, 0.4) is 0 Å². The SMILES string of the molecule is CC(N)CC(=O)NCCc1ccccc1O. The number of rotatable bonds is 5. The van der Waals surface area contributed by atoms with Crippen LogP contribution in [0.5, 0.6) is 5.75 Å². The largest absolute Gasteiger partial charge is 0.508 e. The molecule has 1 unspecified atom stereocenters. The summed E-state index contributed by atoms with van der Waals surface area (Å²) < 4.78 is 0. The van der Waals surface area contributed by atoms with Gasteiger partial charge < -0.3 is 16.2 Å². The number of aromatic hydroxyl groups is 1. The summed E-state index contributed by atoms with van der Waals surface area (Å²) in [7, 11) is 0. The van der Waals surface area contributed by atoms with Gasteiger partial charge in [0.15, 0.2) is 0 Å². The van der Waals surface area contributed by atoms with Gasteiger partial charge in [0.2, 0.25) is 5.91 Å². The lowest BCUT2D eigenvalue weighted by Gasteiger charge is -2.08. The zero-order chi connectivity index (χ0) is 12.0. The molecule has 0 saturated heterocycles. The van der Waals surface area contributed by atoms with Crippen LogP contribution in [-0.4, -0.2) is 23.6 Å². The first-order valence-electron chi connectivity index (χ1n) is 5.38. The molecule has 0 spiro atoms. The zero-order valence-corrected chi connectivity index (χ0v) is 9.44. The van der Waals surface area contributed by atoms with Crippen molar-refractivity contribution in [2.45, 2.75) is 25.8 Å². The van der Waals surface area contributed by atoms with Crippen molar-refractivity contribution in [1.82, 2.24) is 5.32 Å². The summed E-state index contributed by atoms with van der Waals surface area (Å²) >= 11 is 0. The van der Waals surface area contributed by atoms with Crippen LogP contribution in [0.15, 0.2) is 24.3 Å². The smallest absolute Gasteiger partial charge is 0.221 e. The molecule has 4 nitrogen and oxygen atoms in total. The summed E-state index contributed by atoms with van der Waals surface area (Å²) in [4.78, 5) is 11.3. The molecular weight excluding hydrogens is 204 g/mol. The minimum absolute atomic E-state index is 0.0505. The van der Waals surface area contributed by atoms with Crippen LogP contribution in [0.1, 0.15) is 18.9 Å². The van der Waals surface area contributed by atoms with Crippen LogP contribution in [0.2, 0.25) is 0 Å². The Hall–Kier alpha value is -1.55. The minimum Gasteiger partial charge on any atom is -0.508 e. The van der Waals surface area contributed by atoms with Gasteiger partial charge in [0, 0.05) is 19.0 Å². The summed E-state index contributed by atoms with van der Waals surface area (Å²) in [5.74, 6) is 0.217. The maximum absolute atomic E-state index is 11.3. The number of amides is 1. The summed E-state index contributed by atoms with van der Waals surface area (Å²) in [5, 5.41) is 12.2. The molecule has 1 aromatic rings. The standard InChI is InChI=1S/C12H18N2O2/c1-9(13)8-12(16)14-7-6-10-4-2-3-5-11(10)15/h2-5,9,15H,6-8,13H2,1H3,(H,14,16). The van der Waals surface area contributed by atoms with E-state index >= 15 is 0 Å². The topological polar surface area (TPSA) is 75.4 Å². The second-order valence-corrected chi connectivity index (χ2v) is 3.91. The zero-order valence-electron chi connectivity index (χ0n) is 9.44. The quantitative estimate of drug-likeness (QED) is 0.689. The van der Waals surface area contributed by atoms with Gasteiger partial charge in [0.1, 0.15) is 5.75 Å². The Morgan fingerprint density at radius 1 is 1.50 bits per heavy atom. The normalized spacial score (nSPS) is 12.1. The first kappa shape index (κ1) is 12.5. The van der Waals surface area contributed by atoms with E-state index in [0.29, 0.717) is 19.4 Å². The lowest BCUT2D eigenvalue weighted by Crippen LogP contribution is -2.31. The van der Waals surface area contributed by atoms with E-state index in [0.717, 1.165) is 5.56 Å². The Labute approximate surface area is 95.5 Å². The van der Waals surface area contributed by atoms with E-state index in [4.69, 9.17) is 5.73 Å². The van der Waals surface area contributed by atoms with Crippen molar-refractivity contribution in [3.8, 4) is 5.75 Å². The number of hydrogen-bond donors (Lipinski definition) is 3. The third-order valence-electron chi connectivity index (χ3n) is 2.22. The third kappa shape index (κ3) is 4.31. The van der Waals surface area contributed by atoms with Crippen molar-refractivity contribution < 1.29 is 9.90 Å². The minimum atomic E-state index is -0.120. The molecule has 16 heavy (non-hydrogen) atoms. The van der Waals surface area contributed by atoms with Gasteiger partial charge in [-0.15, -0.1) is 0 Å². The summed E-state index contributed by atoms with van der Waals surface area (Å²) in [5.41, 5.74) is 6.34. The van der Waals surface area contributed by atoms with Gasteiger partial charge in [-0.05, 0) is 25.0 Å². The molecule has 0 aliphatic carbocycles. The van der Waals surface area contributed by atoms with Crippen molar-refractivity contribution in [3.05, 3.63) is 29.8 Å². The molecule has 0 radical (unpaired) electrons. The monoisotopic (exact) mass is 222 g/mol. The van der Waals surface area contributed by atoms with Crippen LogP contribution in [0, 0.1) is 0 Å². The van der Waals surface area contributed by atoms with Gasteiger partial charge in [-0.2, -0.15) is 0 Å². The van der Waals surface area contributed by atoms with E-state index in [1.807, 2.05) is 12.1 Å². The molecule has 0 saturated carbocycles. The van der Waals surface area contributed by atoms with E-state index in [9.17, 15) is 9.90 Å². The molecule has 88 valence electrons. The molecule has 1 rings (SSSR count). The van der Waals surface area contributed by atoms with Crippen molar-refractivity contribution in [2.24, 2.45) is 5.73 Å². The third-order valence-corrected chi connectivity index (χ3v) is 2.22. The second-order valence-electron chi connectivity index (χ2n) is 3.91. The van der Waals surface area contributed by atoms with Crippen molar-refractivity contribution in [1.29, 1.82) is 0 Å². The molecule has 0 aromatic heterocycles. The summed E-state index contributed by atoms with van der Waals surface area (Å²) in [6.45, 7) is 2.31. The number of phenolic OH excluding ortho intramolecular Hbond substituents is 1. The van der Waals surface area contributed by atoms with Crippen LogP contribution >= 0.6 is 0 Å². The predicted octanol–water partition coefficient (Wildman–Crippen LogP) is 0.788. The average Bonchev–Trinajstić information content (AvgIpc) is 2.19. The van der Waals surface area contributed by atoms with E-state index in [-0.39, 0.29) is 17.7 Å². The van der Waals surface area contributed by atoms with Crippen molar-refractivity contribution in [2.75, 3.05) is 6.54 Å². The molecule has 1 aromatic carbocycles. The van der Waals surface area contributed by atoms with Gasteiger partial charge >= 0.3 is 0 Å². The molecular formula is C12H18N2O2. The van der Waals surface area contributed by atoms with E-state index in [1.54, 1.807) is 19.1 Å². The van der Waals surface area contributed by atoms with Gasteiger partial charge in [-0.3, -0.25) is 4.79 Å². The fourth-order valence-electron chi connectivity index (χ4n) is 1.42. The summed E-state index contributed by atoms with van der Waals surface area (Å²) in [6, 6.07) is 6.99. The van der Waals surface area contributed by atoms with Gasteiger partial charge in [-0.25, -0.2) is 0 Å². The van der Waals surface area contributed by atoms with Crippen molar-refractivity contribution >= 4 is 5.91 Å². The maximum Gasteiger partial charge on any atom is 0.221 e. The van der Waals surface area contributed by atoms with E-state index in [2.05, 4.69) is 5.32 Å². The van der Waals surface area contributed by atoms with Crippen LogP contribution < -0.4 is 11.1 Å². The fourth-order valence-corrected chi connectivity index (χ4v) is 1.42. The van der Waals surface area contributed by atoms with E-state index < -0.39 is 0 Å². The molecule has 1 amide bonds. The number of carbonyl (C=O) groups is 1. The summed E-state index contributed by atoms with van der Waals surface area (Å²) in [6.07, 6.45) is 0.956. The predicted molar refractivity (Wildman–Crippen MR) is 63.1 cm³/mol. The van der Waals surface area contributed by atoms with Gasteiger partial charge in [0.05, 0.1) is 0 Å². The Morgan fingerprint density at radius 3 is 2.81 bits per heavy atom. The van der Waals surface area contributed by atoms with Crippen LogP contribution in [-0.2, 0) is 11.2 Å². The lowest BCUT2D eigenvalue weighted by molar-refractivity contribution is -0.121. The Kier molecular flexibility index (Phi) is 4.79. The molecule has 0 aliphatic heterocycles. The first-order valence-corrected chi connectivity index (χ1v) is 5.38. The lowest BCUT2D eigenvalue weighted by atomic mass is 10.1. The highest BCUT2D eigenvalue weighted by Crippen LogP contribution is 2.15. The second kappa shape index (κ2) is 6.12. The highest BCUT2D eigenvalue weighted by atomic mass is 16.3. The number of para-hydroxylation sites is 1. The highest BCUT2D eigenvalue weighted by Gasteiger charge is 2.04. The molecule has 0 bridgehead atoms. The molecule has 0 heterocycles. The fraction of sp³-hybridized carbons (Fsp3) is 0.417. The van der Waals surface area contributed by atoms with Crippen LogP contribution in [0.25, 0.3) is 0 Å². The first-order chi connectivity index (χ1) is 7.59. The molecule has 4 N–H and O–H groups in total. The molecule has 0 fully saturated rings. The van der Waals surface area contributed by atoms with Crippen LogP contribution in [0.4, 0.5) is 0 Å². The number of carbonyl (C=O) groups excluding carboxylic acids is 1. The van der Waals surface area contributed by atoms with Gasteiger partial charge in [-0.1, -0.05) is 18.2 Å². The number of hydrogen-bond acceptors (Lipinski definition) is 3. The molecule has 1 atom stereocenters. The Balaban J connectivity index is 2.31. The van der Waals surface area contributed by atoms with Gasteiger partial charge in [0.25, 0.3) is 0 Å². The Morgan fingerprint density at radius 2 is 2.19 bits per heavy atom. The number of benzene rings is 1. The van der Waals surface area contributed by atoms with Crippen molar-refractivity contribution in [3.63, 3.8) is 0 Å². The molecule has 4 heteroatoms. The van der Waals surface area contributed by atoms with E-state index in [1.165, 1.54) is 0 Å². The highest BCUT2D eigenvalue weighted by molar-refractivity contribution is 5.76. The Bertz CT molecular complexity index is 351. The maximum atomic E-state index is 11.3. The number of nitrogens with one attached hydrogen (secondary N) is 1. The number of phenols is 1. The average molecular weight is 222 g/mol.